The van der Waals surface area contributed by atoms with E-state index >= 15 is 0 Å². The van der Waals surface area contributed by atoms with Gasteiger partial charge in [0, 0.05) is 13.0 Å². The van der Waals surface area contributed by atoms with Crippen LogP contribution >= 0.6 is 0 Å². The average Bonchev–Trinajstić information content (AvgIpc) is 2.70. The summed E-state index contributed by atoms with van der Waals surface area (Å²) in [5.74, 6) is 0.187. The van der Waals surface area contributed by atoms with Crippen LogP contribution in [0, 0.1) is 5.92 Å². The molecule has 0 spiro atoms. The van der Waals surface area contributed by atoms with Crippen LogP contribution in [0.1, 0.15) is 39.0 Å². The maximum Gasteiger partial charge on any atom is 0.328 e. The predicted octanol–water partition coefficient (Wildman–Crippen LogP) is 1.23. The Morgan fingerprint density at radius 3 is 2.81 bits per heavy atom. The summed E-state index contributed by atoms with van der Waals surface area (Å²) in [6.07, 6.45) is 5.15. The summed E-state index contributed by atoms with van der Waals surface area (Å²) >= 11 is 0. The summed E-state index contributed by atoms with van der Waals surface area (Å²) < 4.78 is 10.7. The first-order valence-corrected chi connectivity index (χ1v) is 6.19. The van der Waals surface area contributed by atoms with E-state index in [-0.39, 0.29) is 12.1 Å². The van der Waals surface area contributed by atoms with Crippen molar-refractivity contribution in [2.24, 2.45) is 11.7 Å². The first-order valence-electron chi connectivity index (χ1n) is 6.19. The molecule has 1 aliphatic carbocycles. The number of nitrogens with two attached hydrogens (primary N) is 1. The van der Waals surface area contributed by atoms with E-state index in [9.17, 15) is 4.79 Å². The second-order valence-electron chi connectivity index (χ2n) is 5.16. The van der Waals surface area contributed by atoms with Crippen molar-refractivity contribution < 1.29 is 14.3 Å². The molecule has 0 aromatic heterocycles. The van der Waals surface area contributed by atoms with Crippen molar-refractivity contribution in [2.75, 3.05) is 13.2 Å². The lowest BCUT2D eigenvalue weighted by atomic mass is 9.87. The normalized spacial score (nSPS) is 39.6. The van der Waals surface area contributed by atoms with Crippen LogP contribution in [-0.2, 0) is 14.3 Å². The molecule has 2 rings (SSSR count). The molecule has 16 heavy (non-hydrogen) atoms. The molecule has 2 aliphatic rings. The van der Waals surface area contributed by atoms with Crippen LogP contribution in [0.3, 0.4) is 0 Å². The first kappa shape index (κ1) is 11.9. The van der Waals surface area contributed by atoms with Gasteiger partial charge in [0.25, 0.3) is 0 Å². The van der Waals surface area contributed by atoms with Gasteiger partial charge in [-0.25, -0.2) is 4.79 Å². The van der Waals surface area contributed by atoms with Crippen LogP contribution in [0.15, 0.2) is 0 Å². The molecule has 4 nitrogen and oxygen atoms in total. The SMILES string of the molecule is CC1CCCCC1OC(=O)C1(N)CCOC1. The quantitative estimate of drug-likeness (QED) is 0.721. The van der Waals surface area contributed by atoms with Crippen LogP contribution in [0.5, 0.6) is 0 Å². The Labute approximate surface area is 96.5 Å². The van der Waals surface area contributed by atoms with Gasteiger partial charge in [0.2, 0.25) is 0 Å². The molecule has 1 heterocycles. The maximum atomic E-state index is 12.0. The Balaban J connectivity index is 1.90. The number of hydrogen-bond donors (Lipinski definition) is 1. The summed E-state index contributed by atoms with van der Waals surface area (Å²) in [5, 5.41) is 0. The third-order valence-corrected chi connectivity index (χ3v) is 3.75. The molecule has 0 amide bonds. The molecule has 0 aromatic carbocycles. The molecule has 3 atom stereocenters. The zero-order valence-electron chi connectivity index (χ0n) is 9.91. The van der Waals surface area contributed by atoms with E-state index in [4.69, 9.17) is 15.2 Å². The van der Waals surface area contributed by atoms with Gasteiger partial charge in [-0.3, -0.25) is 0 Å². The number of ether oxygens (including phenoxy) is 2. The molecule has 0 radical (unpaired) electrons. The van der Waals surface area contributed by atoms with E-state index in [0.717, 1.165) is 19.3 Å². The molecular formula is C12H21NO3. The molecule has 1 aliphatic heterocycles. The van der Waals surface area contributed by atoms with Gasteiger partial charge < -0.3 is 15.2 Å². The third-order valence-electron chi connectivity index (χ3n) is 3.75. The summed E-state index contributed by atoms with van der Waals surface area (Å²) in [6.45, 7) is 3.00. The second kappa shape index (κ2) is 4.72. The summed E-state index contributed by atoms with van der Waals surface area (Å²) in [5.41, 5.74) is 5.07. The summed E-state index contributed by atoms with van der Waals surface area (Å²) in [7, 11) is 0. The van der Waals surface area contributed by atoms with Crippen molar-refractivity contribution in [3.8, 4) is 0 Å². The number of rotatable bonds is 2. The van der Waals surface area contributed by atoms with Gasteiger partial charge >= 0.3 is 5.97 Å². The molecule has 3 unspecified atom stereocenters. The lowest BCUT2D eigenvalue weighted by molar-refractivity contribution is -0.159. The zero-order chi connectivity index (χ0) is 11.6. The number of hydrogen-bond acceptors (Lipinski definition) is 4. The fraction of sp³-hybridized carbons (Fsp3) is 0.917. The molecule has 92 valence electrons. The highest BCUT2D eigenvalue weighted by Gasteiger charge is 2.41. The van der Waals surface area contributed by atoms with Gasteiger partial charge in [-0.15, -0.1) is 0 Å². The lowest BCUT2D eigenvalue weighted by Crippen LogP contribution is -2.51. The van der Waals surface area contributed by atoms with Crippen LogP contribution in [0.2, 0.25) is 0 Å². The Morgan fingerprint density at radius 1 is 1.44 bits per heavy atom. The molecule has 2 fully saturated rings. The fourth-order valence-corrected chi connectivity index (χ4v) is 2.45. The van der Waals surface area contributed by atoms with Gasteiger partial charge in [0.05, 0.1) is 6.61 Å². The largest absolute Gasteiger partial charge is 0.461 e. The predicted molar refractivity (Wildman–Crippen MR) is 59.9 cm³/mol. The number of carbonyl (C=O) groups is 1. The highest BCUT2D eigenvalue weighted by molar-refractivity contribution is 5.81. The van der Waals surface area contributed by atoms with Gasteiger partial charge in [0.1, 0.15) is 11.6 Å². The number of esters is 1. The van der Waals surface area contributed by atoms with E-state index in [1.807, 2.05) is 0 Å². The van der Waals surface area contributed by atoms with Crippen molar-refractivity contribution in [3.63, 3.8) is 0 Å². The smallest absolute Gasteiger partial charge is 0.328 e. The van der Waals surface area contributed by atoms with Crippen molar-refractivity contribution >= 4 is 5.97 Å². The Hall–Kier alpha value is -0.610. The van der Waals surface area contributed by atoms with Gasteiger partial charge in [-0.1, -0.05) is 13.3 Å². The van der Waals surface area contributed by atoms with E-state index in [1.165, 1.54) is 6.42 Å². The van der Waals surface area contributed by atoms with Crippen molar-refractivity contribution in [2.45, 2.75) is 50.7 Å². The molecule has 4 heteroatoms. The highest BCUT2D eigenvalue weighted by atomic mass is 16.6. The molecule has 0 aromatic rings. The Kier molecular flexibility index (Phi) is 3.50. The van der Waals surface area contributed by atoms with Crippen LogP contribution in [0.25, 0.3) is 0 Å². The standard InChI is InChI=1S/C12H21NO3/c1-9-4-2-3-5-10(9)16-11(14)12(13)6-7-15-8-12/h9-10H,2-8,13H2,1H3. The third kappa shape index (κ3) is 2.38. The van der Waals surface area contributed by atoms with Crippen LogP contribution in [-0.4, -0.2) is 30.8 Å². The van der Waals surface area contributed by atoms with Gasteiger partial charge in [-0.05, 0) is 25.2 Å². The zero-order valence-corrected chi connectivity index (χ0v) is 9.91. The lowest BCUT2D eigenvalue weighted by Gasteiger charge is -2.31. The van der Waals surface area contributed by atoms with Crippen molar-refractivity contribution in [3.05, 3.63) is 0 Å². The van der Waals surface area contributed by atoms with Crippen LogP contribution in [0.4, 0.5) is 0 Å². The van der Waals surface area contributed by atoms with E-state index in [0.29, 0.717) is 25.6 Å². The van der Waals surface area contributed by atoms with E-state index in [1.54, 1.807) is 0 Å². The minimum Gasteiger partial charge on any atom is -0.461 e. The minimum atomic E-state index is -0.892. The minimum absolute atomic E-state index is 0.0577. The Morgan fingerprint density at radius 2 is 2.19 bits per heavy atom. The van der Waals surface area contributed by atoms with E-state index in [2.05, 4.69) is 6.92 Å². The van der Waals surface area contributed by atoms with Gasteiger partial charge in [0.15, 0.2) is 0 Å². The number of carbonyl (C=O) groups excluding carboxylic acids is 1. The monoisotopic (exact) mass is 227 g/mol. The van der Waals surface area contributed by atoms with Crippen LogP contribution < -0.4 is 5.73 Å². The fourth-order valence-electron chi connectivity index (χ4n) is 2.45. The van der Waals surface area contributed by atoms with E-state index < -0.39 is 5.54 Å². The van der Waals surface area contributed by atoms with Crippen molar-refractivity contribution in [1.82, 2.24) is 0 Å². The average molecular weight is 227 g/mol. The molecule has 1 saturated heterocycles. The highest BCUT2D eigenvalue weighted by Crippen LogP contribution is 2.28. The summed E-state index contributed by atoms with van der Waals surface area (Å²) in [6, 6.07) is 0. The first-order chi connectivity index (χ1) is 7.62. The molecule has 0 bridgehead atoms. The maximum absolute atomic E-state index is 12.0. The summed E-state index contributed by atoms with van der Waals surface area (Å²) in [4.78, 5) is 12.0. The molecule has 1 saturated carbocycles. The Bertz CT molecular complexity index is 261. The van der Waals surface area contributed by atoms with Crippen molar-refractivity contribution in [1.29, 1.82) is 0 Å². The second-order valence-corrected chi connectivity index (χ2v) is 5.16. The van der Waals surface area contributed by atoms with Gasteiger partial charge in [-0.2, -0.15) is 0 Å². The molecule has 2 N–H and O–H groups in total. The molecular weight excluding hydrogens is 206 g/mol. The topological polar surface area (TPSA) is 61.5 Å².